The zero-order valence-corrected chi connectivity index (χ0v) is 19.3. The summed E-state index contributed by atoms with van der Waals surface area (Å²) in [6.45, 7) is 0. The van der Waals surface area contributed by atoms with Gasteiger partial charge < -0.3 is 28.8 Å². The van der Waals surface area contributed by atoms with Crippen molar-refractivity contribution in [1.29, 1.82) is 0 Å². The largest absolute Gasteiger partial charge is 0.508 e. The average Bonchev–Trinajstić information content (AvgIpc) is 3.18. The number of carbonyl (C=O) groups is 2. The molecule has 8 nitrogen and oxygen atoms in total. The molecule has 0 radical (unpaired) electrons. The molecule has 0 saturated carbocycles. The fraction of sp³-hybridized carbons (Fsp3) is 0.185. The first-order chi connectivity index (χ1) is 16.9. The van der Waals surface area contributed by atoms with Crippen LogP contribution in [0.1, 0.15) is 39.4 Å². The number of hydrogen-bond acceptors (Lipinski definition) is 8. The quantitative estimate of drug-likeness (QED) is 0.328. The van der Waals surface area contributed by atoms with Crippen LogP contribution < -0.4 is 23.7 Å². The van der Waals surface area contributed by atoms with Gasteiger partial charge in [0.25, 0.3) is 0 Å². The van der Waals surface area contributed by atoms with Gasteiger partial charge in [0.1, 0.15) is 23.0 Å². The van der Waals surface area contributed by atoms with Crippen LogP contribution in [0.3, 0.4) is 0 Å². The second-order valence-corrected chi connectivity index (χ2v) is 8.07. The average molecular weight is 474 g/mol. The molecule has 0 fully saturated rings. The van der Waals surface area contributed by atoms with Crippen LogP contribution in [0.15, 0.2) is 54.3 Å². The highest BCUT2D eigenvalue weighted by Crippen LogP contribution is 2.49. The highest BCUT2D eigenvalue weighted by molar-refractivity contribution is 6.15. The Hall–Kier alpha value is -4.46. The van der Waals surface area contributed by atoms with Gasteiger partial charge in [0, 0.05) is 23.1 Å². The van der Waals surface area contributed by atoms with Crippen LogP contribution in [0.25, 0.3) is 6.08 Å². The minimum absolute atomic E-state index is 0.0486. The Labute approximate surface area is 201 Å². The summed E-state index contributed by atoms with van der Waals surface area (Å²) >= 11 is 0. The normalized spacial score (nSPS) is 17.3. The minimum atomic E-state index is -0.448. The number of hydrogen-bond donors (Lipinski definition) is 1. The minimum Gasteiger partial charge on any atom is -0.508 e. The van der Waals surface area contributed by atoms with Crippen molar-refractivity contribution in [2.75, 3.05) is 21.3 Å². The summed E-state index contributed by atoms with van der Waals surface area (Å²) < 4.78 is 27.7. The van der Waals surface area contributed by atoms with E-state index in [9.17, 15) is 14.7 Å². The molecule has 1 atom stereocenters. The van der Waals surface area contributed by atoms with Gasteiger partial charge in [-0.25, -0.2) is 0 Å². The zero-order chi connectivity index (χ0) is 24.7. The SMILES string of the molecule is COc1cc(OC)c(OC)cc1/C=C1\Oc2c(ccc3c2[C@H](c2cccc(O)c2)CC(=O)O3)C1=O. The lowest BCUT2D eigenvalue weighted by Crippen LogP contribution is -2.21. The standard InChI is InChI=1S/C27H22O8/c1-31-20-13-22(33-3)21(32-2)10-15(20)11-23-26(30)17-7-8-19-25(27(17)35-23)18(12-24(29)34-19)14-5-4-6-16(28)9-14/h4-11,13,18,28H,12H2,1-3H3/b23-11-/t18-/m0/s1. The molecule has 0 aliphatic carbocycles. The van der Waals surface area contributed by atoms with Crippen molar-refractivity contribution >= 4 is 17.8 Å². The van der Waals surface area contributed by atoms with Crippen LogP contribution in [-0.4, -0.2) is 38.2 Å². The Morgan fingerprint density at radius 3 is 2.37 bits per heavy atom. The molecule has 5 rings (SSSR count). The van der Waals surface area contributed by atoms with Crippen LogP contribution in [0.2, 0.25) is 0 Å². The van der Waals surface area contributed by atoms with E-state index in [1.807, 2.05) is 6.07 Å². The van der Waals surface area contributed by atoms with Gasteiger partial charge in [-0.3, -0.25) is 9.59 Å². The van der Waals surface area contributed by atoms with Gasteiger partial charge in [-0.05, 0) is 42.0 Å². The predicted octanol–water partition coefficient (Wildman–Crippen LogP) is 4.48. The van der Waals surface area contributed by atoms with E-state index in [1.54, 1.807) is 48.5 Å². The molecule has 0 unspecified atom stereocenters. The van der Waals surface area contributed by atoms with Crippen molar-refractivity contribution in [3.63, 3.8) is 0 Å². The van der Waals surface area contributed by atoms with Crippen LogP contribution >= 0.6 is 0 Å². The summed E-state index contributed by atoms with van der Waals surface area (Å²) in [5, 5.41) is 9.99. The number of rotatable bonds is 5. The van der Waals surface area contributed by atoms with Gasteiger partial charge in [-0.2, -0.15) is 0 Å². The Kier molecular flexibility index (Phi) is 5.56. The van der Waals surface area contributed by atoms with Crippen LogP contribution in [0, 0.1) is 0 Å². The molecule has 0 aromatic heterocycles. The molecule has 2 aliphatic heterocycles. The van der Waals surface area contributed by atoms with E-state index in [1.165, 1.54) is 21.3 Å². The number of ether oxygens (including phenoxy) is 5. The molecule has 0 bridgehead atoms. The first kappa shape index (κ1) is 22.3. The third-order valence-corrected chi connectivity index (χ3v) is 6.07. The van der Waals surface area contributed by atoms with Crippen LogP contribution in [0.5, 0.6) is 34.5 Å². The van der Waals surface area contributed by atoms with Crippen LogP contribution in [-0.2, 0) is 4.79 Å². The number of carbonyl (C=O) groups excluding carboxylic acids is 2. The smallest absolute Gasteiger partial charge is 0.312 e. The second-order valence-electron chi connectivity index (χ2n) is 8.07. The van der Waals surface area contributed by atoms with Crippen molar-refractivity contribution < 1.29 is 38.4 Å². The molecule has 0 saturated heterocycles. The Bertz CT molecular complexity index is 1390. The van der Waals surface area contributed by atoms with Gasteiger partial charge in [-0.15, -0.1) is 0 Å². The summed E-state index contributed by atoms with van der Waals surface area (Å²) in [6.07, 6.45) is 1.63. The monoisotopic (exact) mass is 474 g/mol. The highest BCUT2D eigenvalue weighted by atomic mass is 16.5. The van der Waals surface area contributed by atoms with Crippen molar-refractivity contribution in [1.82, 2.24) is 0 Å². The molecule has 1 N–H and O–H groups in total. The van der Waals surface area contributed by atoms with E-state index in [4.69, 9.17) is 23.7 Å². The van der Waals surface area contributed by atoms with Crippen molar-refractivity contribution in [3.8, 4) is 34.5 Å². The van der Waals surface area contributed by atoms with E-state index in [0.29, 0.717) is 51.0 Å². The van der Waals surface area contributed by atoms with Crippen molar-refractivity contribution in [2.45, 2.75) is 12.3 Å². The fourth-order valence-corrected chi connectivity index (χ4v) is 4.44. The third-order valence-electron chi connectivity index (χ3n) is 6.07. The summed E-state index contributed by atoms with van der Waals surface area (Å²) in [5.41, 5.74) is 2.22. The molecular formula is C27H22O8. The number of phenolic OH excluding ortho intramolecular Hbond substituents is 1. The lowest BCUT2D eigenvalue weighted by molar-refractivity contribution is -0.135. The summed E-state index contributed by atoms with van der Waals surface area (Å²) in [4.78, 5) is 25.6. The zero-order valence-electron chi connectivity index (χ0n) is 19.3. The summed E-state index contributed by atoms with van der Waals surface area (Å²) in [5.74, 6) is 1.08. The van der Waals surface area contributed by atoms with Gasteiger partial charge in [0.15, 0.2) is 17.3 Å². The number of esters is 1. The number of ketones is 1. The Morgan fingerprint density at radius 1 is 0.914 bits per heavy atom. The molecular weight excluding hydrogens is 452 g/mol. The summed E-state index contributed by atoms with van der Waals surface area (Å²) in [7, 11) is 4.55. The van der Waals surface area contributed by atoms with Gasteiger partial charge in [-0.1, -0.05) is 12.1 Å². The van der Waals surface area contributed by atoms with E-state index in [2.05, 4.69) is 0 Å². The molecule has 8 heteroatoms. The van der Waals surface area contributed by atoms with Crippen molar-refractivity contribution in [3.05, 3.63) is 76.5 Å². The summed E-state index contributed by atoms with van der Waals surface area (Å²) in [6, 6.07) is 13.2. The number of fused-ring (bicyclic) bond motifs is 3. The van der Waals surface area contributed by atoms with E-state index >= 15 is 0 Å². The van der Waals surface area contributed by atoms with E-state index in [0.717, 1.165) is 0 Å². The molecule has 3 aromatic carbocycles. The number of phenols is 1. The number of methoxy groups -OCH3 is 3. The molecule has 178 valence electrons. The molecule has 2 heterocycles. The second kappa shape index (κ2) is 8.72. The van der Waals surface area contributed by atoms with Crippen LogP contribution in [0.4, 0.5) is 0 Å². The number of allylic oxidation sites excluding steroid dienone is 1. The lowest BCUT2D eigenvalue weighted by atomic mass is 9.84. The van der Waals surface area contributed by atoms with E-state index in [-0.39, 0.29) is 23.7 Å². The highest BCUT2D eigenvalue weighted by Gasteiger charge is 2.38. The van der Waals surface area contributed by atoms with Gasteiger partial charge in [0.05, 0.1) is 33.3 Å². The van der Waals surface area contributed by atoms with Gasteiger partial charge >= 0.3 is 5.97 Å². The van der Waals surface area contributed by atoms with E-state index < -0.39 is 11.9 Å². The lowest BCUT2D eigenvalue weighted by Gasteiger charge is -2.26. The molecule has 35 heavy (non-hydrogen) atoms. The fourth-order valence-electron chi connectivity index (χ4n) is 4.44. The molecule has 0 spiro atoms. The topological polar surface area (TPSA) is 101 Å². The predicted molar refractivity (Wildman–Crippen MR) is 126 cm³/mol. The maximum absolute atomic E-state index is 13.3. The Morgan fingerprint density at radius 2 is 1.66 bits per heavy atom. The number of aromatic hydroxyl groups is 1. The third kappa shape index (κ3) is 3.82. The van der Waals surface area contributed by atoms with Gasteiger partial charge in [0.2, 0.25) is 5.78 Å². The number of Topliss-reactive ketones (excluding diaryl/α,β-unsaturated/α-hetero) is 1. The maximum Gasteiger partial charge on any atom is 0.312 e. The molecule has 0 amide bonds. The first-order valence-corrected chi connectivity index (χ1v) is 10.8. The van der Waals surface area contributed by atoms with Crippen molar-refractivity contribution in [2.24, 2.45) is 0 Å². The Balaban J connectivity index is 1.61. The molecule has 2 aliphatic rings. The first-order valence-electron chi connectivity index (χ1n) is 10.8. The maximum atomic E-state index is 13.3. The molecule has 3 aromatic rings. The number of benzene rings is 3.